The van der Waals surface area contributed by atoms with Crippen LogP contribution >= 0.6 is 11.6 Å². The van der Waals surface area contributed by atoms with Crippen molar-refractivity contribution in [3.8, 4) is 33.8 Å². The van der Waals surface area contributed by atoms with E-state index in [4.69, 9.17) is 16.3 Å². The molecule has 4 aromatic carbocycles. The second-order valence-electron chi connectivity index (χ2n) is 16.9. The minimum atomic E-state index is -4.02. The lowest BCUT2D eigenvalue weighted by molar-refractivity contribution is -0.118. The monoisotopic (exact) mass is 949 g/mol. The van der Waals surface area contributed by atoms with Gasteiger partial charge in [0.2, 0.25) is 16.1 Å². The highest BCUT2D eigenvalue weighted by Crippen LogP contribution is 2.41. The Labute approximate surface area is 399 Å². The summed E-state index contributed by atoms with van der Waals surface area (Å²) in [5.74, 6) is -1.12. The van der Waals surface area contributed by atoms with E-state index < -0.39 is 33.4 Å². The van der Waals surface area contributed by atoms with Crippen molar-refractivity contribution < 1.29 is 22.7 Å². The van der Waals surface area contributed by atoms with Crippen LogP contribution in [0.1, 0.15) is 126 Å². The van der Waals surface area contributed by atoms with E-state index >= 15 is 4.79 Å². The molecule has 0 aliphatic carbocycles. The van der Waals surface area contributed by atoms with E-state index in [0.717, 1.165) is 39.9 Å². The summed E-state index contributed by atoms with van der Waals surface area (Å²) in [5, 5.41) is 10.9. The van der Waals surface area contributed by atoms with Gasteiger partial charge in [0.1, 0.15) is 5.75 Å². The number of hydrogen-bond acceptors (Lipinski definition) is 8. The summed E-state index contributed by atoms with van der Waals surface area (Å²) in [6.07, 6.45) is 16.7. The molecule has 2 heterocycles. The zero-order valence-electron chi connectivity index (χ0n) is 39.2. The third kappa shape index (κ3) is 12.8. The van der Waals surface area contributed by atoms with Gasteiger partial charge in [0.15, 0.2) is 5.78 Å². The van der Waals surface area contributed by atoms with Crippen LogP contribution in [-0.2, 0) is 21.4 Å². The van der Waals surface area contributed by atoms with Crippen LogP contribution in [0.5, 0.6) is 5.75 Å². The third-order valence-corrected chi connectivity index (χ3v) is 14.0. The topological polar surface area (TPSA) is 159 Å². The van der Waals surface area contributed by atoms with E-state index in [1.165, 1.54) is 82.4 Å². The number of carbonyl (C=O) groups excluding carboxylic acids is 2. The smallest absolute Gasteiger partial charge is 0.369 e. The van der Waals surface area contributed by atoms with Crippen molar-refractivity contribution in [2.45, 2.75) is 128 Å². The summed E-state index contributed by atoms with van der Waals surface area (Å²) >= 11 is 6.64. The Morgan fingerprint density at radius 1 is 0.731 bits per heavy atom. The fourth-order valence-electron chi connectivity index (χ4n) is 8.57. The quantitative estimate of drug-likeness (QED) is 0.0293. The maximum absolute atomic E-state index is 15.5. The number of ether oxygens (including phenoxy) is 1. The van der Waals surface area contributed by atoms with Gasteiger partial charge in [-0.15, -0.1) is 0 Å². The van der Waals surface area contributed by atoms with Gasteiger partial charge in [-0.1, -0.05) is 163 Å². The number of ketones is 1. The number of nitrogens with one attached hydrogen (secondary N) is 2. The number of unbranched alkanes of at least 4 members (excludes halogenated alkanes) is 13. The highest BCUT2D eigenvalue weighted by Gasteiger charge is 2.38. The van der Waals surface area contributed by atoms with E-state index in [0.29, 0.717) is 41.2 Å². The molecule has 6 rings (SSSR count). The molecule has 0 fully saturated rings. The maximum Gasteiger partial charge on any atom is 0.369 e. The van der Waals surface area contributed by atoms with Crippen LogP contribution in [0.2, 0.25) is 5.02 Å². The van der Waals surface area contributed by atoms with Crippen LogP contribution < -0.4 is 20.5 Å². The largest absolute Gasteiger partial charge is 0.497 e. The van der Waals surface area contributed by atoms with Crippen molar-refractivity contribution in [1.82, 2.24) is 29.1 Å². The molecule has 0 aliphatic heterocycles. The molecule has 0 bridgehead atoms. The fraction of sp³-hybridized carbons (Fsp3) is 0.404. The Morgan fingerprint density at radius 3 is 1.90 bits per heavy atom. The first-order valence-electron chi connectivity index (χ1n) is 23.7. The summed E-state index contributed by atoms with van der Waals surface area (Å²) in [4.78, 5) is 44.4. The van der Waals surface area contributed by atoms with E-state index in [1.54, 1.807) is 56.5 Å². The first-order chi connectivity index (χ1) is 32.5. The van der Waals surface area contributed by atoms with Gasteiger partial charge < -0.3 is 14.6 Å². The molecular weight excluding hydrogens is 886 g/mol. The number of rotatable bonds is 27. The molecule has 67 heavy (non-hydrogen) atoms. The number of nitrogens with zero attached hydrogens (tertiary/aromatic N) is 5. The van der Waals surface area contributed by atoms with Crippen molar-refractivity contribution in [2.75, 3.05) is 19.0 Å². The predicted molar refractivity (Wildman–Crippen MR) is 267 cm³/mol. The normalized spacial score (nSPS) is 12.0. The number of methoxy groups -OCH3 is 1. The average molecular weight is 951 g/mol. The zero-order valence-corrected chi connectivity index (χ0v) is 40.8. The summed E-state index contributed by atoms with van der Waals surface area (Å²) in [6, 6.07) is 27.4. The Hall–Kier alpha value is -5.83. The number of Topliss-reactive ketones (excluding diaryl/α,β-unsaturated/α-hetero) is 1. The molecule has 356 valence electrons. The number of para-hydroxylation sites is 1. The fourth-order valence-corrected chi connectivity index (χ4v) is 9.84. The molecular formula is C52H64ClN7O6S. The SMILES string of the molecule is CCCCCCCCCCCCCCCCNS(=O)(=O)c1ccc(Cl)c(NC(=O)C(C(=O)c2c(-c3ccc(OC)cc3)c(-c3ccccc3)n(CC)c2C)n2nnn(-c3ccccc3)c2=O)c1. The van der Waals surface area contributed by atoms with Crippen molar-refractivity contribution in [1.29, 1.82) is 0 Å². The number of amides is 1. The molecule has 2 aromatic heterocycles. The molecule has 0 radical (unpaired) electrons. The lowest BCUT2D eigenvalue weighted by Gasteiger charge is -2.18. The van der Waals surface area contributed by atoms with Crippen molar-refractivity contribution in [3.63, 3.8) is 0 Å². The molecule has 0 aliphatic rings. The van der Waals surface area contributed by atoms with Gasteiger partial charge in [-0.25, -0.2) is 17.9 Å². The summed E-state index contributed by atoms with van der Waals surface area (Å²) in [5.41, 5.74) is 2.94. The first kappa shape index (κ1) is 50.6. The summed E-state index contributed by atoms with van der Waals surface area (Å²) in [6.45, 7) is 6.72. The van der Waals surface area contributed by atoms with Crippen molar-refractivity contribution in [3.05, 3.63) is 130 Å². The number of tetrazole rings is 1. The third-order valence-electron chi connectivity index (χ3n) is 12.2. The predicted octanol–water partition coefficient (Wildman–Crippen LogP) is 11.4. The second kappa shape index (κ2) is 24.8. The number of anilines is 1. The van der Waals surface area contributed by atoms with Crippen LogP contribution in [-0.4, -0.2) is 58.1 Å². The van der Waals surface area contributed by atoms with E-state index in [-0.39, 0.29) is 27.7 Å². The standard InChI is InChI=1S/C52H64ClN7O6S/c1-5-7-8-9-10-11-12-13-14-15-16-17-18-25-36-54-67(64,65)43-34-35-44(53)45(37-43)55-51(62)49(60-52(63)59(56-57-60)41-28-23-20-24-29-41)50(61)46-38(3)58(6-2)48(40-26-21-19-22-27-40)47(46)39-30-32-42(66-4)33-31-39/h19-24,26-35,37,49,54H,5-18,25,36H2,1-4H3,(H,55,62). The lowest BCUT2D eigenvalue weighted by atomic mass is 9.92. The van der Waals surface area contributed by atoms with E-state index in [9.17, 15) is 18.0 Å². The van der Waals surface area contributed by atoms with Gasteiger partial charge >= 0.3 is 5.69 Å². The molecule has 1 atom stereocenters. The molecule has 13 nitrogen and oxygen atoms in total. The minimum absolute atomic E-state index is 0.0179. The Morgan fingerprint density at radius 2 is 1.31 bits per heavy atom. The minimum Gasteiger partial charge on any atom is -0.497 e. The number of halogens is 1. The highest BCUT2D eigenvalue weighted by molar-refractivity contribution is 7.89. The Balaban J connectivity index is 1.24. The molecule has 6 aromatic rings. The summed E-state index contributed by atoms with van der Waals surface area (Å²) < 4.78 is 39.0. The molecule has 2 N–H and O–H groups in total. The molecule has 0 saturated carbocycles. The van der Waals surface area contributed by atoms with Crippen LogP contribution in [0, 0.1) is 6.92 Å². The average Bonchev–Trinajstić information content (AvgIpc) is 3.87. The van der Waals surface area contributed by atoms with Crippen LogP contribution in [0.3, 0.4) is 0 Å². The van der Waals surface area contributed by atoms with Gasteiger partial charge in [0, 0.05) is 29.9 Å². The van der Waals surface area contributed by atoms with Crippen LogP contribution in [0.4, 0.5) is 5.69 Å². The van der Waals surface area contributed by atoms with Gasteiger partial charge in [-0.05, 0) is 84.3 Å². The number of aromatic nitrogens is 5. The molecule has 0 spiro atoms. The van der Waals surface area contributed by atoms with Crippen LogP contribution in [0.15, 0.2) is 113 Å². The lowest BCUT2D eigenvalue weighted by Crippen LogP contribution is -2.39. The zero-order chi connectivity index (χ0) is 47.8. The van der Waals surface area contributed by atoms with Gasteiger partial charge in [0.05, 0.1) is 34.1 Å². The van der Waals surface area contributed by atoms with E-state index in [1.807, 2.05) is 54.0 Å². The molecule has 15 heteroatoms. The first-order valence-corrected chi connectivity index (χ1v) is 25.5. The van der Waals surface area contributed by atoms with Crippen molar-refractivity contribution >= 4 is 39.0 Å². The number of benzene rings is 4. The number of sulfonamides is 1. The Kier molecular flexibility index (Phi) is 18.7. The maximum atomic E-state index is 15.5. The van der Waals surface area contributed by atoms with Gasteiger partial charge in [-0.2, -0.15) is 9.36 Å². The summed E-state index contributed by atoms with van der Waals surface area (Å²) in [7, 11) is -2.45. The Bertz CT molecular complexity index is 2720. The molecule has 0 saturated heterocycles. The highest BCUT2D eigenvalue weighted by atomic mass is 35.5. The second-order valence-corrected chi connectivity index (χ2v) is 19.0. The van der Waals surface area contributed by atoms with E-state index in [2.05, 4.69) is 27.4 Å². The van der Waals surface area contributed by atoms with Crippen molar-refractivity contribution in [2.24, 2.45) is 0 Å². The van der Waals surface area contributed by atoms with Crippen LogP contribution in [0.25, 0.3) is 28.1 Å². The number of hydrogen-bond donors (Lipinski definition) is 2. The molecule has 1 amide bonds. The van der Waals surface area contributed by atoms with Gasteiger partial charge in [-0.3, -0.25) is 9.59 Å². The number of carbonyl (C=O) groups is 2. The van der Waals surface area contributed by atoms with Gasteiger partial charge in [0.25, 0.3) is 5.91 Å². The molecule has 1 unspecified atom stereocenters.